The number of nitrogens with one attached hydrogen (secondary N) is 1. The molecule has 2 atom stereocenters. The van der Waals surface area contributed by atoms with E-state index in [9.17, 15) is 0 Å². The first-order chi connectivity index (χ1) is 7.25. The second kappa shape index (κ2) is 4.57. The molecule has 1 aliphatic heterocycles. The molecular formula is C11H17N3O. The summed E-state index contributed by atoms with van der Waals surface area (Å²) in [6, 6.07) is 0.487. The molecule has 1 N–H and O–H groups in total. The van der Waals surface area contributed by atoms with Crippen molar-refractivity contribution in [2.75, 3.05) is 13.1 Å². The second-order valence-electron chi connectivity index (χ2n) is 4.17. The summed E-state index contributed by atoms with van der Waals surface area (Å²) < 4.78 is 5.74. The Morgan fingerprint density at radius 1 is 1.40 bits per heavy atom. The minimum atomic E-state index is 0.196. The number of hydrogen-bond acceptors (Lipinski definition) is 4. The fraction of sp³-hybridized carbons (Fsp3) is 0.636. The Kier molecular flexibility index (Phi) is 3.16. The van der Waals surface area contributed by atoms with Crippen LogP contribution in [-0.2, 0) is 0 Å². The van der Waals surface area contributed by atoms with Crippen LogP contribution in [0.1, 0.15) is 18.9 Å². The van der Waals surface area contributed by atoms with Crippen molar-refractivity contribution in [2.24, 2.45) is 5.92 Å². The van der Waals surface area contributed by atoms with E-state index in [-0.39, 0.29) is 6.10 Å². The highest BCUT2D eigenvalue weighted by Crippen LogP contribution is 2.16. The average Bonchev–Trinajstić information content (AvgIpc) is 2.25. The molecule has 2 rings (SSSR count). The third-order valence-electron chi connectivity index (χ3n) is 2.77. The minimum Gasteiger partial charge on any atom is -0.459 e. The van der Waals surface area contributed by atoms with Gasteiger partial charge in [-0.25, -0.2) is 9.97 Å². The summed E-state index contributed by atoms with van der Waals surface area (Å²) in [4.78, 5) is 8.29. The number of hydrogen-bond donors (Lipinski definition) is 1. The molecular weight excluding hydrogens is 190 g/mol. The van der Waals surface area contributed by atoms with Gasteiger partial charge in [0.2, 0.25) is 0 Å². The van der Waals surface area contributed by atoms with Gasteiger partial charge in [-0.1, -0.05) is 6.92 Å². The van der Waals surface area contributed by atoms with Crippen LogP contribution in [0.5, 0.6) is 6.01 Å². The van der Waals surface area contributed by atoms with E-state index < -0.39 is 0 Å². The smallest absolute Gasteiger partial charge is 0.316 e. The summed E-state index contributed by atoms with van der Waals surface area (Å²) in [6.07, 6.45) is 4.91. The summed E-state index contributed by atoms with van der Waals surface area (Å²) in [6.45, 7) is 6.14. The molecule has 82 valence electrons. The van der Waals surface area contributed by atoms with E-state index in [2.05, 4.69) is 22.2 Å². The van der Waals surface area contributed by atoms with Gasteiger partial charge in [-0.05, 0) is 31.4 Å². The van der Waals surface area contributed by atoms with Gasteiger partial charge in [-0.2, -0.15) is 0 Å². The molecule has 0 bridgehead atoms. The van der Waals surface area contributed by atoms with Gasteiger partial charge in [0, 0.05) is 18.9 Å². The quantitative estimate of drug-likeness (QED) is 0.790. The molecule has 0 aromatic carbocycles. The van der Waals surface area contributed by atoms with Crippen LogP contribution in [0.2, 0.25) is 0 Å². The van der Waals surface area contributed by atoms with Gasteiger partial charge in [-0.3, -0.25) is 0 Å². The van der Waals surface area contributed by atoms with Gasteiger partial charge in [0.05, 0.1) is 0 Å². The van der Waals surface area contributed by atoms with E-state index in [0.717, 1.165) is 25.1 Å². The summed E-state index contributed by atoms with van der Waals surface area (Å²) >= 11 is 0. The number of aromatic nitrogens is 2. The Morgan fingerprint density at radius 3 is 2.80 bits per heavy atom. The fourth-order valence-electron chi connectivity index (χ4n) is 1.70. The molecule has 1 fully saturated rings. The van der Waals surface area contributed by atoms with Crippen LogP contribution in [0, 0.1) is 12.8 Å². The van der Waals surface area contributed by atoms with E-state index in [4.69, 9.17) is 4.74 Å². The van der Waals surface area contributed by atoms with Crippen molar-refractivity contribution >= 4 is 0 Å². The number of aryl methyl sites for hydroxylation is 1. The molecule has 15 heavy (non-hydrogen) atoms. The Balaban J connectivity index is 1.98. The maximum Gasteiger partial charge on any atom is 0.316 e. The molecule has 4 heteroatoms. The van der Waals surface area contributed by atoms with Crippen LogP contribution < -0.4 is 10.1 Å². The van der Waals surface area contributed by atoms with Crippen molar-refractivity contribution in [3.8, 4) is 6.01 Å². The molecule has 2 unspecified atom stereocenters. The Morgan fingerprint density at radius 2 is 2.13 bits per heavy atom. The van der Waals surface area contributed by atoms with Crippen molar-refractivity contribution in [2.45, 2.75) is 26.4 Å². The molecule has 4 nitrogen and oxygen atoms in total. The number of rotatable bonds is 2. The van der Waals surface area contributed by atoms with Gasteiger partial charge < -0.3 is 10.1 Å². The normalized spacial score (nSPS) is 26.3. The fourth-order valence-corrected chi connectivity index (χ4v) is 1.70. The summed E-state index contributed by atoms with van der Waals surface area (Å²) in [5.41, 5.74) is 1.05. The monoisotopic (exact) mass is 207 g/mol. The first-order valence-electron chi connectivity index (χ1n) is 5.42. The Bertz CT molecular complexity index is 312. The van der Waals surface area contributed by atoms with Gasteiger partial charge in [0.15, 0.2) is 0 Å². The van der Waals surface area contributed by atoms with Crippen LogP contribution in [0.25, 0.3) is 0 Å². The number of nitrogens with zero attached hydrogens (tertiary/aromatic N) is 2. The highest BCUT2D eigenvalue weighted by Gasteiger charge is 2.23. The predicted molar refractivity (Wildman–Crippen MR) is 57.8 cm³/mol. The standard InChI is InChI=1S/C11H17N3O/c1-8-5-13-11(14-6-8)15-10-7-12-4-3-9(10)2/h5-6,9-10,12H,3-4,7H2,1-2H3. The largest absolute Gasteiger partial charge is 0.459 e. The molecule has 1 aromatic heterocycles. The predicted octanol–water partition coefficient (Wildman–Crippen LogP) is 1.16. The van der Waals surface area contributed by atoms with Crippen molar-refractivity contribution < 1.29 is 4.74 Å². The van der Waals surface area contributed by atoms with Gasteiger partial charge >= 0.3 is 6.01 Å². The lowest BCUT2D eigenvalue weighted by atomic mass is 9.97. The molecule has 0 spiro atoms. The Labute approximate surface area is 90.1 Å². The second-order valence-corrected chi connectivity index (χ2v) is 4.17. The third kappa shape index (κ3) is 2.65. The highest BCUT2D eigenvalue weighted by molar-refractivity contribution is 5.05. The Hall–Kier alpha value is -1.16. The van der Waals surface area contributed by atoms with Crippen molar-refractivity contribution in [3.63, 3.8) is 0 Å². The number of piperidine rings is 1. The van der Waals surface area contributed by atoms with Crippen LogP contribution in [0.4, 0.5) is 0 Å². The summed E-state index contributed by atoms with van der Waals surface area (Å²) in [5.74, 6) is 0.566. The maximum atomic E-state index is 5.74. The minimum absolute atomic E-state index is 0.196. The zero-order valence-electron chi connectivity index (χ0n) is 9.23. The summed E-state index contributed by atoms with van der Waals surface area (Å²) in [5, 5.41) is 3.32. The average molecular weight is 207 g/mol. The summed E-state index contributed by atoms with van der Waals surface area (Å²) in [7, 11) is 0. The van der Waals surface area contributed by atoms with Gasteiger partial charge in [0.25, 0.3) is 0 Å². The van der Waals surface area contributed by atoms with E-state index in [1.165, 1.54) is 0 Å². The lowest BCUT2D eigenvalue weighted by molar-refractivity contribution is 0.104. The number of ether oxygens (including phenoxy) is 1. The van der Waals surface area contributed by atoms with Crippen molar-refractivity contribution in [1.29, 1.82) is 0 Å². The van der Waals surface area contributed by atoms with E-state index in [0.29, 0.717) is 11.9 Å². The van der Waals surface area contributed by atoms with E-state index in [1.807, 2.05) is 6.92 Å². The van der Waals surface area contributed by atoms with Gasteiger partial charge in [-0.15, -0.1) is 0 Å². The van der Waals surface area contributed by atoms with Crippen LogP contribution >= 0.6 is 0 Å². The molecule has 0 radical (unpaired) electrons. The van der Waals surface area contributed by atoms with Crippen molar-refractivity contribution in [3.05, 3.63) is 18.0 Å². The molecule has 0 aliphatic carbocycles. The third-order valence-corrected chi connectivity index (χ3v) is 2.77. The molecule has 2 heterocycles. The lowest BCUT2D eigenvalue weighted by Crippen LogP contribution is -2.43. The topological polar surface area (TPSA) is 47.0 Å². The molecule has 1 aromatic rings. The lowest BCUT2D eigenvalue weighted by Gasteiger charge is -2.28. The van der Waals surface area contributed by atoms with Gasteiger partial charge in [0.1, 0.15) is 6.10 Å². The first-order valence-corrected chi connectivity index (χ1v) is 5.42. The zero-order chi connectivity index (χ0) is 10.7. The van der Waals surface area contributed by atoms with Crippen molar-refractivity contribution in [1.82, 2.24) is 15.3 Å². The van der Waals surface area contributed by atoms with E-state index in [1.54, 1.807) is 12.4 Å². The SMILES string of the molecule is Cc1cnc(OC2CNCCC2C)nc1. The van der Waals surface area contributed by atoms with Crippen LogP contribution in [0.3, 0.4) is 0 Å². The highest BCUT2D eigenvalue weighted by atomic mass is 16.5. The molecule has 1 saturated heterocycles. The van der Waals surface area contributed by atoms with E-state index >= 15 is 0 Å². The van der Waals surface area contributed by atoms with Crippen LogP contribution in [-0.4, -0.2) is 29.2 Å². The van der Waals surface area contributed by atoms with Crippen LogP contribution in [0.15, 0.2) is 12.4 Å². The molecule has 0 amide bonds. The molecule has 1 aliphatic rings. The molecule has 0 saturated carbocycles. The first kappa shape index (κ1) is 10.4. The zero-order valence-corrected chi connectivity index (χ0v) is 9.23. The maximum absolute atomic E-state index is 5.74.